The second-order valence-corrected chi connectivity index (χ2v) is 6.28. The number of ether oxygens (including phenoxy) is 2. The van der Waals surface area contributed by atoms with E-state index in [1.54, 1.807) is 0 Å². The lowest BCUT2D eigenvalue weighted by Crippen LogP contribution is -2.49. The first-order valence-corrected chi connectivity index (χ1v) is 7.22. The van der Waals surface area contributed by atoms with Gasteiger partial charge in [-0.3, -0.25) is 0 Å². The van der Waals surface area contributed by atoms with Crippen LogP contribution in [-0.2, 0) is 9.47 Å². The van der Waals surface area contributed by atoms with Crippen molar-refractivity contribution in [1.29, 1.82) is 0 Å². The summed E-state index contributed by atoms with van der Waals surface area (Å²) in [5.41, 5.74) is 0.0747. The van der Waals surface area contributed by atoms with Crippen molar-refractivity contribution in [2.45, 2.75) is 50.7 Å². The summed E-state index contributed by atoms with van der Waals surface area (Å²) in [5.74, 6) is 1.69. The molecule has 98 valence electrons. The summed E-state index contributed by atoms with van der Waals surface area (Å²) in [6, 6.07) is 0.722. The Hall–Kier alpha value is -0.120. The van der Waals surface area contributed by atoms with E-state index in [0.29, 0.717) is 0 Å². The van der Waals surface area contributed by atoms with E-state index in [-0.39, 0.29) is 5.60 Å². The van der Waals surface area contributed by atoms with E-state index in [1.165, 1.54) is 32.2 Å². The van der Waals surface area contributed by atoms with Gasteiger partial charge in [-0.1, -0.05) is 6.92 Å². The Morgan fingerprint density at radius 1 is 1.24 bits per heavy atom. The van der Waals surface area contributed by atoms with Gasteiger partial charge in [0.05, 0.1) is 12.2 Å². The maximum Gasteiger partial charge on any atom is 0.0939 e. The summed E-state index contributed by atoms with van der Waals surface area (Å²) >= 11 is 0. The van der Waals surface area contributed by atoms with Crippen LogP contribution in [0.1, 0.15) is 39.0 Å². The molecule has 3 aliphatic heterocycles. The summed E-state index contributed by atoms with van der Waals surface area (Å²) in [7, 11) is 0. The van der Waals surface area contributed by atoms with Crippen LogP contribution in [0.4, 0.5) is 0 Å². The van der Waals surface area contributed by atoms with Crippen LogP contribution in [0, 0.1) is 11.8 Å². The van der Waals surface area contributed by atoms with Gasteiger partial charge in [-0.15, -0.1) is 0 Å². The van der Waals surface area contributed by atoms with Gasteiger partial charge in [-0.25, -0.2) is 0 Å². The number of rotatable bonds is 1. The number of piperidine rings is 1. The van der Waals surface area contributed by atoms with Gasteiger partial charge in [0.25, 0.3) is 0 Å². The molecule has 3 saturated heterocycles. The summed E-state index contributed by atoms with van der Waals surface area (Å²) in [6.07, 6.45) is 6.23. The van der Waals surface area contributed by atoms with Gasteiger partial charge in [-0.2, -0.15) is 0 Å². The molecule has 1 spiro atoms. The first-order valence-electron chi connectivity index (χ1n) is 7.22. The molecule has 0 saturated carbocycles. The average molecular weight is 239 g/mol. The monoisotopic (exact) mass is 239 g/mol. The zero-order valence-corrected chi connectivity index (χ0v) is 10.9. The van der Waals surface area contributed by atoms with Gasteiger partial charge in [0.15, 0.2) is 0 Å². The Morgan fingerprint density at radius 2 is 2.18 bits per heavy atom. The first kappa shape index (κ1) is 11.9. The fourth-order valence-electron chi connectivity index (χ4n) is 3.78. The summed E-state index contributed by atoms with van der Waals surface area (Å²) in [5, 5.41) is 3.73. The molecule has 0 aromatic carbocycles. The Balaban J connectivity index is 1.62. The van der Waals surface area contributed by atoms with Crippen molar-refractivity contribution >= 4 is 0 Å². The Bertz CT molecular complexity index is 263. The van der Waals surface area contributed by atoms with Gasteiger partial charge < -0.3 is 14.8 Å². The van der Waals surface area contributed by atoms with Crippen molar-refractivity contribution in [2.75, 3.05) is 26.4 Å². The first-order chi connectivity index (χ1) is 8.27. The highest BCUT2D eigenvalue weighted by Gasteiger charge is 2.43. The van der Waals surface area contributed by atoms with Crippen LogP contribution < -0.4 is 5.32 Å². The standard InChI is InChI=1S/C14H25NO2/c1-11-2-5-15-13(8-11)12-3-6-17-14(9-12)4-7-16-10-14/h11-13,15H,2-10H2,1H3. The Kier molecular flexibility index (Phi) is 3.42. The molecule has 0 radical (unpaired) electrons. The van der Waals surface area contributed by atoms with Crippen molar-refractivity contribution < 1.29 is 9.47 Å². The zero-order valence-electron chi connectivity index (χ0n) is 10.9. The van der Waals surface area contributed by atoms with Crippen LogP contribution in [0.3, 0.4) is 0 Å². The van der Waals surface area contributed by atoms with E-state index in [9.17, 15) is 0 Å². The number of nitrogens with one attached hydrogen (secondary N) is 1. The minimum absolute atomic E-state index is 0.0747. The van der Waals surface area contributed by atoms with Crippen molar-refractivity contribution in [1.82, 2.24) is 5.32 Å². The fraction of sp³-hybridized carbons (Fsp3) is 1.00. The quantitative estimate of drug-likeness (QED) is 0.759. The van der Waals surface area contributed by atoms with Crippen molar-refractivity contribution in [2.24, 2.45) is 11.8 Å². The number of hydrogen-bond acceptors (Lipinski definition) is 3. The summed E-state index contributed by atoms with van der Waals surface area (Å²) in [6.45, 7) is 6.24. The molecule has 0 aromatic rings. The molecule has 0 aromatic heterocycles. The normalized spacial score (nSPS) is 47.5. The van der Waals surface area contributed by atoms with E-state index < -0.39 is 0 Å². The molecule has 1 N–H and O–H groups in total. The molecule has 3 nitrogen and oxygen atoms in total. The molecular weight excluding hydrogens is 214 g/mol. The van der Waals surface area contributed by atoms with Gasteiger partial charge in [-0.05, 0) is 44.1 Å². The lowest BCUT2D eigenvalue weighted by atomic mass is 9.77. The SMILES string of the molecule is CC1CCNC(C2CCOC3(CCOC3)C2)C1. The van der Waals surface area contributed by atoms with Gasteiger partial charge in [0, 0.05) is 25.7 Å². The lowest BCUT2D eigenvalue weighted by Gasteiger charge is -2.42. The van der Waals surface area contributed by atoms with Crippen LogP contribution in [-0.4, -0.2) is 38.0 Å². The van der Waals surface area contributed by atoms with Crippen LogP contribution in [0.25, 0.3) is 0 Å². The highest BCUT2D eigenvalue weighted by atomic mass is 16.6. The minimum Gasteiger partial charge on any atom is -0.378 e. The van der Waals surface area contributed by atoms with E-state index in [2.05, 4.69) is 12.2 Å². The predicted octanol–water partition coefficient (Wildman–Crippen LogP) is 1.96. The van der Waals surface area contributed by atoms with E-state index >= 15 is 0 Å². The maximum absolute atomic E-state index is 6.02. The van der Waals surface area contributed by atoms with Crippen LogP contribution >= 0.6 is 0 Å². The van der Waals surface area contributed by atoms with Gasteiger partial charge in [0.2, 0.25) is 0 Å². The molecule has 4 unspecified atom stereocenters. The molecule has 17 heavy (non-hydrogen) atoms. The maximum atomic E-state index is 6.02. The predicted molar refractivity (Wildman–Crippen MR) is 67.0 cm³/mol. The highest BCUT2D eigenvalue weighted by Crippen LogP contribution is 2.38. The zero-order chi connectivity index (χ0) is 11.7. The second-order valence-electron chi connectivity index (χ2n) is 6.28. The molecule has 3 rings (SSSR count). The third-order valence-electron chi connectivity index (χ3n) is 4.87. The van der Waals surface area contributed by atoms with Gasteiger partial charge in [0.1, 0.15) is 0 Å². The molecular formula is C14H25NO2. The molecule has 3 aliphatic rings. The molecule has 3 heterocycles. The fourth-order valence-corrected chi connectivity index (χ4v) is 3.78. The smallest absolute Gasteiger partial charge is 0.0939 e. The van der Waals surface area contributed by atoms with E-state index in [0.717, 1.165) is 44.1 Å². The van der Waals surface area contributed by atoms with Crippen LogP contribution in [0.2, 0.25) is 0 Å². The van der Waals surface area contributed by atoms with Crippen molar-refractivity contribution in [3.8, 4) is 0 Å². The number of hydrogen-bond donors (Lipinski definition) is 1. The van der Waals surface area contributed by atoms with Crippen LogP contribution in [0.15, 0.2) is 0 Å². The lowest BCUT2D eigenvalue weighted by molar-refractivity contribution is -0.104. The van der Waals surface area contributed by atoms with Crippen molar-refractivity contribution in [3.05, 3.63) is 0 Å². The second kappa shape index (κ2) is 4.87. The van der Waals surface area contributed by atoms with Crippen molar-refractivity contribution in [3.63, 3.8) is 0 Å². The molecule has 0 bridgehead atoms. The third-order valence-corrected chi connectivity index (χ3v) is 4.87. The third kappa shape index (κ3) is 2.51. The summed E-state index contributed by atoms with van der Waals surface area (Å²) in [4.78, 5) is 0. The highest BCUT2D eigenvalue weighted by molar-refractivity contribution is 4.94. The molecule has 4 atom stereocenters. The van der Waals surface area contributed by atoms with E-state index in [4.69, 9.17) is 9.47 Å². The van der Waals surface area contributed by atoms with E-state index in [1.807, 2.05) is 0 Å². The topological polar surface area (TPSA) is 30.5 Å². The minimum atomic E-state index is 0.0747. The largest absolute Gasteiger partial charge is 0.378 e. The van der Waals surface area contributed by atoms with Crippen LogP contribution in [0.5, 0.6) is 0 Å². The molecule has 0 aliphatic carbocycles. The molecule has 3 heteroatoms. The Labute approximate surface area is 104 Å². The summed E-state index contributed by atoms with van der Waals surface area (Å²) < 4.78 is 11.6. The Morgan fingerprint density at radius 3 is 2.94 bits per heavy atom. The van der Waals surface area contributed by atoms with Gasteiger partial charge >= 0.3 is 0 Å². The molecule has 3 fully saturated rings. The average Bonchev–Trinajstić information content (AvgIpc) is 2.77. The molecule has 0 amide bonds.